The third kappa shape index (κ3) is 2.37. The van der Waals surface area contributed by atoms with Crippen molar-refractivity contribution in [2.45, 2.75) is 0 Å². The van der Waals surface area contributed by atoms with Crippen molar-refractivity contribution in [2.24, 2.45) is 7.05 Å². The van der Waals surface area contributed by atoms with Gasteiger partial charge >= 0.3 is 0 Å². The minimum absolute atomic E-state index is 0.0505. The van der Waals surface area contributed by atoms with Crippen molar-refractivity contribution in [1.29, 1.82) is 0 Å². The van der Waals surface area contributed by atoms with Gasteiger partial charge in [-0.2, -0.15) is 10.1 Å². The van der Waals surface area contributed by atoms with E-state index >= 15 is 0 Å². The lowest BCUT2D eigenvalue weighted by atomic mass is 10.3. The summed E-state index contributed by atoms with van der Waals surface area (Å²) in [5, 5.41) is 13.0. The molecule has 3 rings (SSSR count). The Morgan fingerprint density at radius 2 is 2.05 bits per heavy atom. The molecule has 10 nitrogen and oxygen atoms in total. The third-order valence-corrected chi connectivity index (χ3v) is 2.84. The zero-order valence-corrected chi connectivity index (χ0v) is 11.8. The molecule has 0 unspecified atom stereocenters. The highest BCUT2D eigenvalue weighted by Crippen LogP contribution is 2.14. The largest absolute Gasteiger partial charge is 0.354 e. The molecular weight excluding hydrogens is 288 g/mol. The number of rotatable bonds is 3. The Balaban J connectivity index is 1.89. The molecule has 0 aliphatic heterocycles. The number of hydrogen-bond donors (Lipinski definition) is 2. The van der Waals surface area contributed by atoms with E-state index in [9.17, 15) is 9.59 Å². The Morgan fingerprint density at radius 1 is 1.23 bits per heavy atom. The number of anilines is 1. The number of amides is 2. The second-order valence-electron chi connectivity index (χ2n) is 4.40. The van der Waals surface area contributed by atoms with E-state index in [1.807, 2.05) is 0 Å². The molecule has 10 heteroatoms. The summed E-state index contributed by atoms with van der Waals surface area (Å²) in [5.74, 6) is -0.694. The zero-order chi connectivity index (χ0) is 15.7. The average Bonchev–Trinajstić information content (AvgIpc) is 3.09. The van der Waals surface area contributed by atoms with Crippen LogP contribution in [0.3, 0.4) is 0 Å². The van der Waals surface area contributed by atoms with E-state index in [0.717, 1.165) is 0 Å². The van der Waals surface area contributed by atoms with Gasteiger partial charge in [0.25, 0.3) is 17.6 Å². The second kappa shape index (κ2) is 5.24. The van der Waals surface area contributed by atoms with Gasteiger partial charge < -0.3 is 10.6 Å². The molecule has 0 aliphatic carbocycles. The third-order valence-electron chi connectivity index (χ3n) is 2.84. The van der Waals surface area contributed by atoms with E-state index in [4.69, 9.17) is 0 Å². The summed E-state index contributed by atoms with van der Waals surface area (Å²) in [7, 11) is 3.13. The molecule has 0 aromatic carbocycles. The first-order valence-electron chi connectivity index (χ1n) is 6.33. The molecule has 0 fully saturated rings. The van der Waals surface area contributed by atoms with E-state index in [2.05, 4.69) is 30.8 Å². The van der Waals surface area contributed by atoms with E-state index in [1.165, 1.54) is 22.4 Å². The fourth-order valence-electron chi connectivity index (χ4n) is 1.87. The summed E-state index contributed by atoms with van der Waals surface area (Å²) in [6.07, 6.45) is 4.71. The Morgan fingerprint density at radius 3 is 2.77 bits per heavy atom. The molecule has 2 amide bonds. The quantitative estimate of drug-likeness (QED) is 0.671. The van der Waals surface area contributed by atoms with Gasteiger partial charge in [-0.05, 0) is 6.07 Å². The highest BCUT2D eigenvalue weighted by atomic mass is 16.2. The average molecular weight is 300 g/mol. The lowest BCUT2D eigenvalue weighted by Gasteiger charge is -2.01. The van der Waals surface area contributed by atoms with Crippen LogP contribution in [0.5, 0.6) is 0 Å². The van der Waals surface area contributed by atoms with Gasteiger partial charge in [0, 0.05) is 32.7 Å². The summed E-state index contributed by atoms with van der Waals surface area (Å²) in [4.78, 5) is 31.9. The van der Waals surface area contributed by atoms with Crippen molar-refractivity contribution >= 4 is 23.3 Å². The van der Waals surface area contributed by atoms with Crippen molar-refractivity contribution in [3.05, 3.63) is 36.2 Å². The van der Waals surface area contributed by atoms with Crippen LogP contribution in [0.25, 0.3) is 5.78 Å². The number of hydrogen-bond acceptors (Lipinski definition) is 6. The van der Waals surface area contributed by atoms with E-state index in [1.54, 1.807) is 25.5 Å². The van der Waals surface area contributed by atoms with Crippen LogP contribution < -0.4 is 10.6 Å². The molecule has 112 valence electrons. The summed E-state index contributed by atoms with van der Waals surface area (Å²) >= 11 is 0. The van der Waals surface area contributed by atoms with Crippen LogP contribution in [0, 0.1) is 0 Å². The lowest BCUT2D eigenvalue weighted by molar-refractivity contribution is 0.0958. The maximum Gasteiger partial charge on any atom is 0.295 e. The van der Waals surface area contributed by atoms with Gasteiger partial charge in [-0.25, -0.2) is 9.50 Å². The van der Waals surface area contributed by atoms with Crippen molar-refractivity contribution in [2.75, 3.05) is 12.4 Å². The molecule has 0 saturated carbocycles. The highest BCUT2D eigenvalue weighted by molar-refractivity contribution is 6.06. The first-order chi connectivity index (χ1) is 10.6. The molecule has 0 atom stereocenters. The molecule has 3 aromatic rings. The van der Waals surface area contributed by atoms with E-state index < -0.39 is 11.8 Å². The van der Waals surface area contributed by atoms with E-state index in [-0.39, 0.29) is 17.2 Å². The van der Waals surface area contributed by atoms with Crippen LogP contribution in [0.4, 0.5) is 5.69 Å². The van der Waals surface area contributed by atoms with Crippen molar-refractivity contribution in [1.82, 2.24) is 34.7 Å². The maximum absolute atomic E-state index is 12.2. The highest BCUT2D eigenvalue weighted by Gasteiger charge is 2.20. The predicted molar refractivity (Wildman–Crippen MR) is 75.3 cm³/mol. The van der Waals surface area contributed by atoms with Crippen molar-refractivity contribution in [3.63, 3.8) is 0 Å². The maximum atomic E-state index is 12.2. The molecule has 0 spiro atoms. The van der Waals surface area contributed by atoms with Crippen LogP contribution in [0.2, 0.25) is 0 Å². The van der Waals surface area contributed by atoms with Crippen LogP contribution in [-0.2, 0) is 7.05 Å². The van der Waals surface area contributed by atoms with Gasteiger partial charge in [0.05, 0.1) is 5.69 Å². The number of fused-ring (bicyclic) bond motifs is 1. The fraction of sp³-hybridized carbons (Fsp3) is 0.167. The number of carbonyl (C=O) groups excluding carboxylic acids is 2. The number of aromatic nitrogens is 6. The normalized spacial score (nSPS) is 10.6. The van der Waals surface area contributed by atoms with Crippen LogP contribution in [0.15, 0.2) is 24.7 Å². The van der Waals surface area contributed by atoms with Gasteiger partial charge in [0.2, 0.25) is 5.82 Å². The number of nitrogens with zero attached hydrogens (tertiary/aromatic N) is 6. The molecule has 0 radical (unpaired) electrons. The SMILES string of the molecule is CNC(=O)c1nn(C)cc1NC(=O)c1nc2ncccn2n1. The molecule has 3 heterocycles. The van der Waals surface area contributed by atoms with Crippen LogP contribution in [-0.4, -0.2) is 48.2 Å². The lowest BCUT2D eigenvalue weighted by Crippen LogP contribution is -2.22. The molecule has 22 heavy (non-hydrogen) atoms. The molecule has 0 bridgehead atoms. The standard InChI is InChI=1S/C12H12N8O2/c1-13-10(21)8-7(6-19(2)17-8)15-11(22)9-16-12-14-4-3-5-20(12)18-9/h3-6H,1-2H3,(H,13,21)(H,15,22). The molecule has 0 saturated heterocycles. The van der Waals surface area contributed by atoms with Gasteiger partial charge in [0.1, 0.15) is 0 Å². The Labute approximate surface area is 124 Å². The minimum Gasteiger partial charge on any atom is -0.354 e. The van der Waals surface area contributed by atoms with Crippen molar-refractivity contribution < 1.29 is 9.59 Å². The number of nitrogens with one attached hydrogen (secondary N) is 2. The summed E-state index contributed by atoms with van der Waals surface area (Å²) in [6.45, 7) is 0. The number of carbonyl (C=O) groups is 2. The fourth-order valence-corrected chi connectivity index (χ4v) is 1.87. The van der Waals surface area contributed by atoms with E-state index in [0.29, 0.717) is 5.78 Å². The van der Waals surface area contributed by atoms with Crippen molar-refractivity contribution in [3.8, 4) is 0 Å². The van der Waals surface area contributed by atoms with Gasteiger partial charge in [0.15, 0.2) is 5.69 Å². The topological polar surface area (TPSA) is 119 Å². The molecular formula is C12H12N8O2. The first-order valence-corrected chi connectivity index (χ1v) is 6.33. The first kappa shape index (κ1) is 13.7. The van der Waals surface area contributed by atoms with Crippen LogP contribution >= 0.6 is 0 Å². The second-order valence-corrected chi connectivity index (χ2v) is 4.40. The van der Waals surface area contributed by atoms with Gasteiger partial charge in [-0.3, -0.25) is 14.3 Å². The summed E-state index contributed by atoms with van der Waals surface area (Å²) < 4.78 is 2.82. The Hall–Kier alpha value is -3.30. The minimum atomic E-state index is -0.552. The molecule has 0 aliphatic rings. The molecule has 2 N–H and O–H groups in total. The monoisotopic (exact) mass is 300 g/mol. The van der Waals surface area contributed by atoms with Gasteiger partial charge in [-0.15, -0.1) is 5.10 Å². The Kier molecular flexibility index (Phi) is 3.26. The molecule has 3 aromatic heterocycles. The van der Waals surface area contributed by atoms with Crippen LogP contribution in [0.1, 0.15) is 21.1 Å². The zero-order valence-electron chi connectivity index (χ0n) is 11.8. The summed E-state index contributed by atoms with van der Waals surface area (Å²) in [6, 6.07) is 1.67. The summed E-state index contributed by atoms with van der Waals surface area (Å²) in [5.41, 5.74) is 0.388. The Bertz CT molecular complexity index is 832. The van der Waals surface area contributed by atoms with Gasteiger partial charge in [-0.1, -0.05) is 0 Å². The smallest absolute Gasteiger partial charge is 0.295 e. The number of aryl methyl sites for hydroxylation is 1. The predicted octanol–water partition coefficient (Wildman–Crippen LogP) is -0.530.